The molecule has 0 amide bonds. The maximum atomic E-state index is 11.6. The zero-order chi connectivity index (χ0) is 11.4. The molecule has 1 aliphatic carbocycles. The molecule has 15 heavy (non-hydrogen) atoms. The van der Waals surface area contributed by atoms with E-state index in [1.165, 1.54) is 0 Å². The van der Waals surface area contributed by atoms with E-state index in [9.17, 15) is 9.59 Å². The van der Waals surface area contributed by atoms with Crippen LogP contribution in [0, 0.1) is 11.8 Å². The first-order valence-corrected chi connectivity index (χ1v) is 5.67. The van der Waals surface area contributed by atoms with Crippen molar-refractivity contribution in [1.82, 2.24) is 0 Å². The molecular weight excluding hydrogens is 216 g/mol. The zero-order valence-corrected chi connectivity index (χ0v) is 9.57. The first-order chi connectivity index (χ1) is 7.07. The Bertz CT molecular complexity index is 254. The monoisotopic (exact) mass is 232 g/mol. The molecule has 0 aromatic rings. The molecule has 0 aliphatic heterocycles. The van der Waals surface area contributed by atoms with Crippen molar-refractivity contribution in [2.75, 3.05) is 6.61 Å². The van der Waals surface area contributed by atoms with Crippen molar-refractivity contribution in [2.24, 2.45) is 11.8 Å². The average Bonchev–Trinajstić information content (AvgIpc) is 2.17. The Morgan fingerprint density at radius 3 is 2.67 bits per heavy atom. The number of hydrogen-bond acceptors (Lipinski definition) is 4. The predicted octanol–water partition coefficient (Wildman–Crippen LogP) is 1.35. The van der Waals surface area contributed by atoms with Crippen molar-refractivity contribution < 1.29 is 19.4 Å². The summed E-state index contributed by atoms with van der Waals surface area (Å²) < 4.78 is 4.88. The van der Waals surface area contributed by atoms with Gasteiger partial charge < -0.3 is 9.84 Å². The SMILES string of the molecule is CCOC(=O)C1C(S)CCCC1C(=O)O. The molecule has 3 unspecified atom stereocenters. The number of carboxylic acids is 1. The lowest BCUT2D eigenvalue weighted by Crippen LogP contribution is -2.40. The second kappa shape index (κ2) is 5.39. The van der Waals surface area contributed by atoms with Crippen LogP contribution in [0.25, 0.3) is 0 Å². The molecule has 1 fully saturated rings. The maximum Gasteiger partial charge on any atom is 0.310 e. The fourth-order valence-corrected chi connectivity index (χ4v) is 2.52. The minimum atomic E-state index is -0.924. The molecule has 0 spiro atoms. The van der Waals surface area contributed by atoms with Crippen LogP contribution in [-0.4, -0.2) is 28.9 Å². The number of rotatable bonds is 3. The highest BCUT2D eigenvalue weighted by atomic mass is 32.1. The summed E-state index contributed by atoms with van der Waals surface area (Å²) in [7, 11) is 0. The van der Waals surface area contributed by atoms with E-state index < -0.39 is 23.8 Å². The second-order valence-corrected chi connectivity index (χ2v) is 4.38. The van der Waals surface area contributed by atoms with Gasteiger partial charge in [-0.3, -0.25) is 9.59 Å². The lowest BCUT2D eigenvalue weighted by Gasteiger charge is -2.31. The van der Waals surface area contributed by atoms with Crippen LogP contribution in [0.1, 0.15) is 26.2 Å². The number of thiol groups is 1. The van der Waals surface area contributed by atoms with Gasteiger partial charge >= 0.3 is 11.9 Å². The van der Waals surface area contributed by atoms with Gasteiger partial charge in [-0.2, -0.15) is 12.6 Å². The van der Waals surface area contributed by atoms with Crippen molar-refractivity contribution in [3.05, 3.63) is 0 Å². The van der Waals surface area contributed by atoms with E-state index in [1.54, 1.807) is 6.92 Å². The molecule has 1 N–H and O–H groups in total. The normalized spacial score (nSPS) is 30.9. The predicted molar refractivity (Wildman–Crippen MR) is 57.9 cm³/mol. The standard InChI is InChI=1S/C10H16O4S/c1-2-14-10(13)8-6(9(11)12)4-3-5-7(8)15/h6-8,15H,2-5H2,1H3,(H,11,12). The van der Waals surface area contributed by atoms with Crippen LogP contribution in [-0.2, 0) is 14.3 Å². The molecule has 1 saturated carbocycles. The Morgan fingerprint density at radius 1 is 1.47 bits per heavy atom. The summed E-state index contributed by atoms with van der Waals surface area (Å²) in [6.07, 6.45) is 2.12. The molecule has 4 nitrogen and oxygen atoms in total. The summed E-state index contributed by atoms with van der Waals surface area (Å²) in [6.45, 7) is 1.99. The highest BCUT2D eigenvalue weighted by Gasteiger charge is 2.41. The third-order valence-electron chi connectivity index (χ3n) is 2.74. The minimum absolute atomic E-state index is 0.195. The topological polar surface area (TPSA) is 63.6 Å². The number of aliphatic carboxylic acids is 1. The molecular formula is C10H16O4S. The van der Waals surface area contributed by atoms with Gasteiger partial charge in [-0.1, -0.05) is 6.42 Å². The number of carboxylic acid groups (broad SMARTS) is 1. The summed E-state index contributed by atoms with van der Waals surface area (Å²) in [5.41, 5.74) is 0. The van der Waals surface area contributed by atoms with Gasteiger partial charge in [0.15, 0.2) is 0 Å². The van der Waals surface area contributed by atoms with Gasteiger partial charge in [0.1, 0.15) is 0 Å². The average molecular weight is 232 g/mol. The molecule has 0 saturated heterocycles. The number of esters is 1. The zero-order valence-electron chi connectivity index (χ0n) is 8.68. The van der Waals surface area contributed by atoms with Crippen molar-refractivity contribution in [3.63, 3.8) is 0 Å². The molecule has 0 bridgehead atoms. The molecule has 1 aliphatic rings. The van der Waals surface area contributed by atoms with E-state index in [0.717, 1.165) is 12.8 Å². The number of carbonyl (C=O) groups excluding carboxylic acids is 1. The first-order valence-electron chi connectivity index (χ1n) is 5.15. The fourth-order valence-electron chi connectivity index (χ4n) is 2.01. The van der Waals surface area contributed by atoms with Gasteiger partial charge in [0, 0.05) is 5.25 Å². The summed E-state index contributed by atoms with van der Waals surface area (Å²) in [5.74, 6) is -2.59. The molecule has 5 heteroatoms. The van der Waals surface area contributed by atoms with Crippen molar-refractivity contribution in [1.29, 1.82) is 0 Å². The Morgan fingerprint density at radius 2 is 2.13 bits per heavy atom. The number of hydrogen-bond donors (Lipinski definition) is 2. The molecule has 86 valence electrons. The maximum absolute atomic E-state index is 11.6. The van der Waals surface area contributed by atoms with Crippen LogP contribution in [0.5, 0.6) is 0 Å². The van der Waals surface area contributed by atoms with E-state index in [-0.39, 0.29) is 11.9 Å². The van der Waals surface area contributed by atoms with Crippen LogP contribution in [0.15, 0.2) is 0 Å². The van der Waals surface area contributed by atoms with E-state index in [1.807, 2.05) is 0 Å². The van der Waals surface area contributed by atoms with Gasteiger partial charge in [-0.25, -0.2) is 0 Å². The summed E-state index contributed by atoms with van der Waals surface area (Å²) in [4.78, 5) is 22.6. The van der Waals surface area contributed by atoms with Gasteiger partial charge in [-0.15, -0.1) is 0 Å². The van der Waals surface area contributed by atoms with Crippen LogP contribution in [0.4, 0.5) is 0 Å². The lowest BCUT2D eigenvalue weighted by molar-refractivity contribution is -0.158. The third kappa shape index (κ3) is 2.87. The van der Waals surface area contributed by atoms with Crippen LogP contribution < -0.4 is 0 Å². The highest BCUT2D eigenvalue weighted by Crippen LogP contribution is 2.34. The third-order valence-corrected chi connectivity index (χ3v) is 3.32. The van der Waals surface area contributed by atoms with Gasteiger partial charge in [0.25, 0.3) is 0 Å². The first kappa shape index (κ1) is 12.4. The molecule has 0 aromatic carbocycles. The summed E-state index contributed by atoms with van der Waals surface area (Å²) >= 11 is 4.28. The van der Waals surface area contributed by atoms with Crippen LogP contribution in [0.2, 0.25) is 0 Å². The Kier molecular flexibility index (Phi) is 4.45. The number of ether oxygens (including phenoxy) is 1. The van der Waals surface area contributed by atoms with Crippen molar-refractivity contribution in [2.45, 2.75) is 31.4 Å². The van der Waals surface area contributed by atoms with Gasteiger partial charge in [0.05, 0.1) is 18.4 Å². The summed E-state index contributed by atoms with van der Waals surface area (Å²) in [5, 5.41) is 8.81. The Hall–Kier alpha value is -0.710. The van der Waals surface area contributed by atoms with Gasteiger partial charge in [-0.05, 0) is 19.8 Å². The molecule has 0 radical (unpaired) electrons. The largest absolute Gasteiger partial charge is 0.481 e. The molecule has 0 heterocycles. The van der Waals surface area contributed by atoms with E-state index in [2.05, 4.69) is 12.6 Å². The molecule has 1 rings (SSSR count). The Labute approximate surface area is 94.4 Å². The Balaban J connectivity index is 2.76. The van der Waals surface area contributed by atoms with E-state index >= 15 is 0 Å². The highest BCUT2D eigenvalue weighted by molar-refractivity contribution is 7.81. The van der Waals surface area contributed by atoms with Crippen LogP contribution in [0.3, 0.4) is 0 Å². The quantitative estimate of drug-likeness (QED) is 0.569. The smallest absolute Gasteiger partial charge is 0.310 e. The molecule has 0 aromatic heterocycles. The number of carbonyl (C=O) groups is 2. The lowest BCUT2D eigenvalue weighted by atomic mass is 9.79. The second-order valence-electron chi connectivity index (χ2n) is 3.72. The van der Waals surface area contributed by atoms with Crippen molar-refractivity contribution in [3.8, 4) is 0 Å². The molecule has 3 atom stereocenters. The summed E-state index contributed by atoms with van der Waals surface area (Å²) in [6, 6.07) is 0. The van der Waals surface area contributed by atoms with E-state index in [4.69, 9.17) is 9.84 Å². The minimum Gasteiger partial charge on any atom is -0.481 e. The van der Waals surface area contributed by atoms with Gasteiger partial charge in [0.2, 0.25) is 0 Å². The van der Waals surface area contributed by atoms with Crippen molar-refractivity contribution >= 4 is 24.6 Å². The van der Waals surface area contributed by atoms with E-state index in [0.29, 0.717) is 6.42 Å². The fraction of sp³-hybridized carbons (Fsp3) is 0.800. The van der Waals surface area contributed by atoms with Crippen LogP contribution >= 0.6 is 12.6 Å².